The molecule has 0 aromatic rings. The van der Waals surface area contributed by atoms with Crippen LogP contribution in [0.4, 0.5) is 0 Å². The van der Waals surface area contributed by atoms with Crippen molar-refractivity contribution >= 4 is 0 Å². The number of nitrogens with one attached hydrogen (secondary N) is 1. The van der Waals surface area contributed by atoms with Crippen LogP contribution in [0.2, 0.25) is 0 Å². The van der Waals surface area contributed by atoms with E-state index < -0.39 is 0 Å². The second-order valence-corrected chi connectivity index (χ2v) is 7.81. The van der Waals surface area contributed by atoms with Crippen LogP contribution in [0.5, 0.6) is 0 Å². The lowest BCUT2D eigenvalue weighted by Gasteiger charge is -2.35. The van der Waals surface area contributed by atoms with Gasteiger partial charge in [0.1, 0.15) is 0 Å². The van der Waals surface area contributed by atoms with Crippen molar-refractivity contribution in [1.29, 1.82) is 0 Å². The van der Waals surface area contributed by atoms with Gasteiger partial charge in [-0.25, -0.2) is 0 Å². The molecule has 0 spiro atoms. The van der Waals surface area contributed by atoms with Gasteiger partial charge in [0, 0.05) is 18.6 Å². The summed E-state index contributed by atoms with van der Waals surface area (Å²) in [4.78, 5) is 5.08. The number of likely N-dealkylation sites (tertiary alicyclic amines) is 1. The van der Waals surface area contributed by atoms with Gasteiger partial charge in [-0.2, -0.15) is 0 Å². The fourth-order valence-electron chi connectivity index (χ4n) is 4.68. The maximum absolute atomic E-state index is 3.76. The molecule has 3 aliphatic heterocycles. The van der Waals surface area contributed by atoms with Crippen LogP contribution in [0, 0.1) is 11.8 Å². The summed E-state index contributed by atoms with van der Waals surface area (Å²) in [6.45, 7) is 5.33. The molecule has 2 bridgehead atoms. The predicted molar refractivity (Wildman–Crippen MR) is 85.0 cm³/mol. The smallest absolute Gasteiger partial charge is 0.00728 e. The number of piperidine rings is 2. The Morgan fingerprint density at radius 2 is 1.60 bits per heavy atom. The molecule has 0 aliphatic carbocycles. The van der Waals surface area contributed by atoms with Crippen LogP contribution >= 0.6 is 0 Å². The normalized spacial score (nSPS) is 35.9. The van der Waals surface area contributed by atoms with Crippen molar-refractivity contribution < 1.29 is 0 Å². The molecule has 0 aromatic carbocycles. The average Bonchev–Trinajstić information content (AvgIpc) is 2.76. The summed E-state index contributed by atoms with van der Waals surface area (Å²) in [6, 6.07) is 1.73. The molecule has 3 rings (SSSR count). The molecule has 3 heterocycles. The van der Waals surface area contributed by atoms with Gasteiger partial charge < -0.3 is 15.1 Å². The summed E-state index contributed by atoms with van der Waals surface area (Å²) in [6.07, 6.45) is 10.1. The van der Waals surface area contributed by atoms with E-state index >= 15 is 0 Å². The molecule has 3 nitrogen and oxygen atoms in total. The molecule has 1 N–H and O–H groups in total. The SMILES string of the molecule is CN(C)CC1CCN(CCC2CC3CCC(C2)N3)CC1. The third-order valence-electron chi connectivity index (χ3n) is 5.75. The molecule has 3 aliphatic rings. The fourth-order valence-corrected chi connectivity index (χ4v) is 4.68. The second-order valence-electron chi connectivity index (χ2n) is 7.81. The lowest BCUT2D eigenvalue weighted by atomic mass is 9.89. The van der Waals surface area contributed by atoms with Crippen LogP contribution in [0.15, 0.2) is 0 Å². The van der Waals surface area contributed by atoms with E-state index in [0.29, 0.717) is 0 Å². The fraction of sp³-hybridized carbons (Fsp3) is 1.00. The Morgan fingerprint density at radius 1 is 0.950 bits per heavy atom. The highest BCUT2D eigenvalue weighted by Crippen LogP contribution is 2.33. The molecule has 116 valence electrons. The Kier molecular flexibility index (Phi) is 5.00. The number of hydrogen-bond donors (Lipinski definition) is 1. The Morgan fingerprint density at radius 3 is 2.20 bits per heavy atom. The van der Waals surface area contributed by atoms with E-state index in [1.165, 1.54) is 71.1 Å². The van der Waals surface area contributed by atoms with Crippen molar-refractivity contribution in [3.63, 3.8) is 0 Å². The number of rotatable bonds is 5. The predicted octanol–water partition coefficient (Wildman–Crippen LogP) is 2.18. The van der Waals surface area contributed by atoms with Gasteiger partial charge in [-0.15, -0.1) is 0 Å². The van der Waals surface area contributed by atoms with Gasteiger partial charge >= 0.3 is 0 Å². The van der Waals surface area contributed by atoms with Gasteiger partial charge in [0.15, 0.2) is 0 Å². The van der Waals surface area contributed by atoms with Crippen LogP contribution in [0.3, 0.4) is 0 Å². The summed E-state index contributed by atoms with van der Waals surface area (Å²) in [7, 11) is 4.41. The van der Waals surface area contributed by atoms with Crippen molar-refractivity contribution in [1.82, 2.24) is 15.1 Å². The highest BCUT2D eigenvalue weighted by molar-refractivity contribution is 4.92. The Labute approximate surface area is 125 Å². The van der Waals surface area contributed by atoms with Crippen molar-refractivity contribution in [2.24, 2.45) is 11.8 Å². The first kappa shape index (κ1) is 14.8. The lowest BCUT2D eigenvalue weighted by molar-refractivity contribution is 0.148. The molecule has 2 atom stereocenters. The highest BCUT2D eigenvalue weighted by atomic mass is 15.1. The van der Waals surface area contributed by atoms with Crippen LogP contribution in [-0.4, -0.2) is 62.2 Å². The van der Waals surface area contributed by atoms with Crippen LogP contribution in [-0.2, 0) is 0 Å². The van der Waals surface area contributed by atoms with Gasteiger partial charge in [0.05, 0.1) is 0 Å². The standard InChI is InChI=1S/C17H33N3/c1-19(2)13-14-5-8-20(9-6-14)10-7-15-11-16-3-4-17(12-15)18-16/h14-18H,3-13H2,1-2H3. The zero-order valence-corrected chi connectivity index (χ0v) is 13.5. The molecule has 0 amide bonds. The molecule has 2 unspecified atom stereocenters. The monoisotopic (exact) mass is 279 g/mol. The molecule has 3 fully saturated rings. The largest absolute Gasteiger partial charge is 0.311 e. The van der Waals surface area contributed by atoms with E-state index in [-0.39, 0.29) is 0 Å². The van der Waals surface area contributed by atoms with Crippen LogP contribution < -0.4 is 5.32 Å². The van der Waals surface area contributed by atoms with Crippen molar-refractivity contribution in [3.8, 4) is 0 Å². The number of hydrogen-bond acceptors (Lipinski definition) is 3. The third-order valence-corrected chi connectivity index (χ3v) is 5.75. The van der Waals surface area contributed by atoms with Gasteiger partial charge in [-0.1, -0.05) is 0 Å². The highest BCUT2D eigenvalue weighted by Gasteiger charge is 2.33. The van der Waals surface area contributed by atoms with E-state index in [2.05, 4.69) is 29.2 Å². The van der Waals surface area contributed by atoms with E-state index in [1.54, 1.807) is 0 Å². The first-order valence-electron chi connectivity index (χ1n) is 8.82. The molecule has 0 aromatic heterocycles. The third kappa shape index (κ3) is 3.96. The topological polar surface area (TPSA) is 18.5 Å². The number of nitrogens with zero attached hydrogens (tertiary/aromatic N) is 2. The maximum atomic E-state index is 3.76. The lowest BCUT2D eigenvalue weighted by Crippen LogP contribution is -2.41. The van der Waals surface area contributed by atoms with E-state index in [4.69, 9.17) is 0 Å². The van der Waals surface area contributed by atoms with E-state index in [9.17, 15) is 0 Å². The second kappa shape index (κ2) is 6.76. The van der Waals surface area contributed by atoms with Crippen molar-refractivity contribution in [3.05, 3.63) is 0 Å². The first-order chi connectivity index (χ1) is 9.69. The molecule has 0 radical (unpaired) electrons. The first-order valence-corrected chi connectivity index (χ1v) is 8.82. The molecule has 0 saturated carbocycles. The van der Waals surface area contributed by atoms with Crippen LogP contribution in [0.1, 0.15) is 44.9 Å². The van der Waals surface area contributed by atoms with E-state index in [1.807, 2.05) is 0 Å². The minimum Gasteiger partial charge on any atom is -0.311 e. The minimum atomic E-state index is 0.865. The Bertz CT molecular complexity index is 285. The van der Waals surface area contributed by atoms with E-state index in [0.717, 1.165) is 23.9 Å². The minimum absolute atomic E-state index is 0.865. The molecular weight excluding hydrogens is 246 g/mol. The van der Waals surface area contributed by atoms with Crippen molar-refractivity contribution in [2.45, 2.75) is 57.0 Å². The molecular formula is C17H33N3. The average molecular weight is 279 g/mol. The van der Waals surface area contributed by atoms with Crippen LogP contribution in [0.25, 0.3) is 0 Å². The summed E-state index contributed by atoms with van der Waals surface area (Å²) in [5.41, 5.74) is 0. The molecule has 3 heteroatoms. The van der Waals surface area contributed by atoms with Gasteiger partial charge in [0.2, 0.25) is 0 Å². The van der Waals surface area contributed by atoms with Gasteiger partial charge in [-0.3, -0.25) is 0 Å². The zero-order valence-electron chi connectivity index (χ0n) is 13.5. The quantitative estimate of drug-likeness (QED) is 0.832. The van der Waals surface area contributed by atoms with Gasteiger partial charge in [0.25, 0.3) is 0 Å². The number of fused-ring (bicyclic) bond motifs is 2. The summed E-state index contributed by atoms with van der Waals surface area (Å²) >= 11 is 0. The summed E-state index contributed by atoms with van der Waals surface area (Å²) in [5, 5.41) is 3.76. The van der Waals surface area contributed by atoms with Crippen molar-refractivity contribution in [2.75, 3.05) is 40.3 Å². The zero-order chi connectivity index (χ0) is 13.9. The molecule has 20 heavy (non-hydrogen) atoms. The maximum Gasteiger partial charge on any atom is 0.00728 e. The summed E-state index contributed by atoms with van der Waals surface area (Å²) in [5.74, 6) is 1.95. The van der Waals surface area contributed by atoms with Gasteiger partial charge in [-0.05, 0) is 90.5 Å². The Balaban J connectivity index is 1.34. The Hall–Kier alpha value is -0.120. The summed E-state index contributed by atoms with van der Waals surface area (Å²) < 4.78 is 0. The molecule has 3 saturated heterocycles.